The van der Waals surface area contributed by atoms with Crippen molar-refractivity contribution in [1.82, 2.24) is 4.90 Å². The molecule has 0 radical (unpaired) electrons. The fourth-order valence-electron chi connectivity index (χ4n) is 2.99. The molecule has 0 bridgehead atoms. The summed E-state index contributed by atoms with van der Waals surface area (Å²) in [6.45, 7) is 7.67. The summed E-state index contributed by atoms with van der Waals surface area (Å²) in [6.07, 6.45) is -2.47. The summed E-state index contributed by atoms with van der Waals surface area (Å²) in [5.74, 6) is -0.384. The highest BCUT2D eigenvalue weighted by atomic mass is 19.4. The van der Waals surface area contributed by atoms with Gasteiger partial charge in [-0.1, -0.05) is 26.3 Å². The molecule has 2 rings (SSSR count). The van der Waals surface area contributed by atoms with Crippen LogP contribution < -0.4 is 4.90 Å². The van der Waals surface area contributed by atoms with Gasteiger partial charge in [-0.3, -0.25) is 9.69 Å². The minimum absolute atomic E-state index is 0.182. The first kappa shape index (κ1) is 20.6. The summed E-state index contributed by atoms with van der Waals surface area (Å²) in [5.41, 5.74) is -0.0348. The lowest BCUT2D eigenvalue weighted by Gasteiger charge is -2.37. The largest absolute Gasteiger partial charge is 0.465 e. The Bertz CT molecular complexity index is 584. The SMILES string of the molecule is CCCCOC(=O)C(C)CN1CCN(c2cccc(C(F)(F)F)c2)CC1. The van der Waals surface area contributed by atoms with Crippen LogP contribution in [0.15, 0.2) is 24.3 Å². The van der Waals surface area contributed by atoms with E-state index in [2.05, 4.69) is 4.90 Å². The molecule has 0 aromatic heterocycles. The quantitative estimate of drug-likeness (QED) is 0.538. The molecule has 1 aromatic rings. The first-order valence-corrected chi connectivity index (χ1v) is 9.12. The molecule has 4 nitrogen and oxygen atoms in total. The van der Waals surface area contributed by atoms with Crippen LogP contribution in [0.3, 0.4) is 0 Å². The van der Waals surface area contributed by atoms with Gasteiger partial charge in [0.2, 0.25) is 0 Å². The van der Waals surface area contributed by atoms with E-state index in [1.165, 1.54) is 12.1 Å². The zero-order valence-corrected chi connectivity index (χ0v) is 15.4. The number of carbonyl (C=O) groups is 1. The summed E-state index contributed by atoms with van der Waals surface area (Å²) in [4.78, 5) is 16.1. The number of alkyl halides is 3. The number of nitrogens with zero attached hydrogens (tertiary/aromatic N) is 2. The lowest BCUT2D eigenvalue weighted by Crippen LogP contribution is -2.48. The second-order valence-corrected chi connectivity index (χ2v) is 6.76. The van der Waals surface area contributed by atoms with Gasteiger partial charge in [-0.05, 0) is 24.6 Å². The van der Waals surface area contributed by atoms with Gasteiger partial charge in [0, 0.05) is 38.4 Å². The van der Waals surface area contributed by atoms with E-state index in [9.17, 15) is 18.0 Å². The van der Waals surface area contributed by atoms with Gasteiger partial charge in [-0.25, -0.2) is 0 Å². The maximum Gasteiger partial charge on any atom is 0.416 e. The molecule has 7 heteroatoms. The highest BCUT2D eigenvalue weighted by Gasteiger charge is 2.31. The van der Waals surface area contributed by atoms with Crippen LogP contribution in [0.25, 0.3) is 0 Å². The predicted octanol–water partition coefficient (Wildman–Crippen LogP) is 3.81. The summed E-state index contributed by atoms with van der Waals surface area (Å²) >= 11 is 0. The molecule has 0 spiro atoms. The number of esters is 1. The van der Waals surface area contributed by atoms with E-state index in [1.54, 1.807) is 6.07 Å². The van der Waals surface area contributed by atoms with Gasteiger partial charge in [-0.2, -0.15) is 13.2 Å². The smallest absolute Gasteiger partial charge is 0.416 e. The lowest BCUT2D eigenvalue weighted by molar-refractivity contribution is -0.148. The van der Waals surface area contributed by atoms with Crippen molar-refractivity contribution >= 4 is 11.7 Å². The number of benzene rings is 1. The molecule has 0 N–H and O–H groups in total. The maximum atomic E-state index is 12.9. The zero-order chi connectivity index (χ0) is 19.2. The van der Waals surface area contributed by atoms with Crippen LogP contribution in [0.2, 0.25) is 0 Å². The fourth-order valence-corrected chi connectivity index (χ4v) is 2.99. The van der Waals surface area contributed by atoms with Crippen molar-refractivity contribution in [2.75, 3.05) is 44.2 Å². The summed E-state index contributed by atoms with van der Waals surface area (Å²) < 4.78 is 43.8. The van der Waals surface area contributed by atoms with Crippen molar-refractivity contribution in [3.8, 4) is 0 Å². The van der Waals surface area contributed by atoms with Crippen LogP contribution in [0.1, 0.15) is 32.3 Å². The topological polar surface area (TPSA) is 32.8 Å². The Kier molecular flexibility index (Phi) is 7.32. The molecule has 1 atom stereocenters. The molecule has 0 amide bonds. The van der Waals surface area contributed by atoms with E-state index in [-0.39, 0.29) is 11.9 Å². The van der Waals surface area contributed by atoms with Gasteiger partial charge in [-0.15, -0.1) is 0 Å². The van der Waals surface area contributed by atoms with Crippen LogP contribution >= 0.6 is 0 Å². The Balaban J connectivity index is 1.83. The fraction of sp³-hybridized carbons (Fsp3) is 0.632. The van der Waals surface area contributed by atoms with Gasteiger partial charge < -0.3 is 9.64 Å². The molecule has 1 heterocycles. The van der Waals surface area contributed by atoms with Gasteiger partial charge in [0.25, 0.3) is 0 Å². The van der Waals surface area contributed by atoms with E-state index in [4.69, 9.17) is 4.74 Å². The predicted molar refractivity (Wildman–Crippen MR) is 95.1 cm³/mol. The monoisotopic (exact) mass is 372 g/mol. The normalized spacial score (nSPS) is 17.2. The third-order valence-electron chi connectivity index (χ3n) is 4.59. The number of piperazine rings is 1. The van der Waals surface area contributed by atoms with Crippen LogP contribution in [-0.2, 0) is 15.7 Å². The van der Waals surface area contributed by atoms with Crippen LogP contribution in [0.4, 0.5) is 18.9 Å². The molecular weight excluding hydrogens is 345 g/mol. The molecule has 1 aromatic carbocycles. The zero-order valence-electron chi connectivity index (χ0n) is 15.4. The van der Waals surface area contributed by atoms with Gasteiger partial charge in [0.05, 0.1) is 18.1 Å². The van der Waals surface area contributed by atoms with Crippen molar-refractivity contribution in [3.63, 3.8) is 0 Å². The van der Waals surface area contributed by atoms with Gasteiger partial charge in [0.1, 0.15) is 0 Å². The molecule has 1 saturated heterocycles. The number of ether oxygens (including phenoxy) is 1. The lowest BCUT2D eigenvalue weighted by atomic mass is 10.1. The average Bonchev–Trinajstić information content (AvgIpc) is 2.62. The molecular formula is C19H27F3N2O2. The minimum atomic E-state index is -4.33. The number of hydrogen-bond donors (Lipinski definition) is 0. The number of unbranched alkanes of at least 4 members (excludes halogenated alkanes) is 1. The van der Waals surface area contributed by atoms with Gasteiger partial charge >= 0.3 is 12.1 Å². The molecule has 26 heavy (non-hydrogen) atoms. The molecule has 1 unspecified atom stereocenters. The Hall–Kier alpha value is -1.76. The highest BCUT2D eigenvalue weighted by Crippen LogP contribution is 2.31. The van der Waals surface area contributed by atoms with E-state index in [0.717, 1.165) is 18.9 Å². The summed E-state index contributed by atoms with van der Waals surface area (Å²) in [5, 5.41) is 0. The van der Waals surface area contributed by atoms with E-state index in [1.807, 2.05) is 18.7 Å². The van der Waals surface area contributed by atoms with Crippen LogP contribution in [0.5, 0.6) is 0 Å². The third kappa shape index (κ3) is 5.90. The maximum absolute atomic E-state index is 12.9. The van der Waals surface area contributed by atoms with Crippen LogP contribution in [0, 0.1) is 5.92 Å². The van der Waals surface area contributed by atoms with Crippen molar-refractivity contribution in [2.45, 2.75) is 32.9 Å². The molecule has 146 valence electrons. The standard InChI is InChI=1S/C19H27F3N2O2/c1-3-4-12-26-18(25)15(2)14-23-8-10-24(11-9-23)17-7-5-6-16(13-17)19(20,21)22/h5-7,13,15H,3-4,8-12,14H2,1-2H3. The number of rotatable bonds is 7. The molecule has 1 fully saturated rings. The van der Waals surface area contributed by atoms with Crippen molar-refractivity contribution in [1.29, 1.82) is 0 Å². The Morgan fingerprint density at radius 3 is 2.54 bits per heavy atom. The van der Waals surface area contributed by atoms with Crippen molar-refractivity contribution in [3.05, 3.63) is 29.8 Å². The molecule has 0 aliphatic carbocycles. The Labute approximate surface area is 152 Å². The molecule has 0 saturated carbocycles. The van der Waals surface area contributed by atoms with Crippen molar-refractivity contribution in [2.24, 2.45) is 5.92 Å². The summed E-state index contributed by atoms with van der Waals surface area (Å²) in [7, 11) is 0. The van der Waals surface area contributed by atoms with E-state index < -0.39 is 11.7 Å². The number of halogens is 3. The highest BCUT2D eigenvalue weighted by molar-refractivity contribution is 5.72. The second kappa shape index (κ2) is 9.26. The average molecular weight is 372 g/mol. The first-order chi connectivity index (χ1) is 12.3. The van der Waals surface area contributed by atoms with Crippen molar-refractivity contribution < 1.29 is 22.7 Å². The number of hydrogen-bond acceptors (Lipinski definition) is 4. The molecule has 1 aliphatic heterocycles. The second-order valence-electron chi connectivity index (χ2n) is 6.76. The third-order valence-corrected chi connectivity index (χ3v) is 4.59. The summed E-state index contributed by atoms with van der Waals surface area (Å²) in [6, 6.07) is 5.44. The van der Waals surface area contributed by atoms with Crippen LogP contribution in [-0.4, -0.2) is 50.2 Å². The van der Waals surface area contributed by atoms with Gasteiger partial charge in [0.15, 0.2) is 0 Å². The van der Waals surface area contributed by atoms with E-state index >= 15 is 0 Å². The Morgan fingerprint density at radius 2 is 1.92 bits per heavy atom. The van der Waals surface area contributed by atoms with E-state index in [0.29, 0.717) is 45.0 Å². The minimum Gasteiger partial charge on any atom is -0.465 e. The Morgan fingerprint density at radius 1 is 1.23 bits per heavy atom. The number of carbonyl (C=O) groups excluding carboxylic acids is 1. The number of anilines is 1. The molecule has 1 aliphatic rings. The first-order valence-electron chi connectivity index (χ1n) is 9.12.